The van der Waals surface area contributed by atoms with Crippen LogP contribution >= 0.6 is 22.9 Å². The van der Waals surface area contributed by atoms with Crippen LogP contribution in [-0.4, -0.2) is 10.9 Å². The second-order valence-corrected chi connectivity index (χ2v) is 5.93. The normalized spacial score (nSPS) is 10.7. The third-order valence-corrected chi connectivity index (χ3v) is 3.58. The number of amides is 1. The number of anilines is 1. The molecule has 1 aromatic carbocycles. The molecule has 1 amide bonds. The van der Waals surface area contributed by atoms with Crippen molar-refractivity contribution in [1.29, 1.82) is 0 Å². The molecule has 0 aliphatic heterocycles. The molecule has 0 spiro atoms. The number of benzene rings is 1. The first-order valence-corrected chi connectivity index (χ1v) is 7.32. The van der Waals surface area contributed by atoms with Crippen molar-refractivity contribution in [1.82, 2.24) is 4.98 Å². The summed E-state index contributed by atoms with van der Waals surface area (Å²) in [6.07, 6.45) is 0.501. The molecule has 100 valence electrons. The largest absolute Gasteiger partial charge is 0.302 e. The van der Waals surface area contributed by atoms with Gasteiger partial charge < -0.3 is 5.32 Å². The number of halogens is 1. The highest BCUT2D eigenvalue weighted by Crippen LogP contribution is 2.30. The van der Waals surface area contributed by atoms with Crippen molar-refractivity contribution in [2.45, 2.75) is 20.3 Å². The minimum atomic E-state index is -0.00458. The van der Waals surface area contributed by atoms with Crippen LogP contribution in [0.4, 0.5) is 5.13 Å². The number of rotatable bonds is 4. The molecule has 0 atom stereocenters. The lowest BCUT2D eigenvalue weighted by molar-refractivity contribution is -0.116. The minimum Gasteiger partial charge on any atom is -0.302 e. The number of nitrogens with zero attached hydrogens (tertiary/aromatic N) is 1. The quantitative estimate of drug-likeness (QED) is 0.905. The van der Waals surface area contributed by atoms with Crippen LogP contribution in [0.25, 0.3) is 11.3 Å². The maximum absolute atomic E-state index is 11.7. The van der Waals surface area contributed by atoms with Gasteiger partial charge in [-0.25, -0.2) is 4.98 Å². The Balaban J connectivity index is 2.12. The van der Waals surface area contributed by atoms with Crippen LogP contribution in [0.5, 0.6) is 0 Å². The summed E-state index contributed by atoms with van der Waals surface area (Å²) in [5.41, 5.74) is 1.67. The first-order chi connectivity index (χ1) is 9.06. The van der Waals surface area contributed by atoms with Gasteiger partial charge in [0.15, 0.2) is 5.13 Å². The van der Waals surface area contributed by atoms with Crippen molar-refractivity contribution in [3.05, 3.63) is 34.7 Å². The zero-order chi connectivity index (χ0) is 13.8. The highest BCUT2D eigenvalue weighted by molar-refractivity contribution is 7.14. The molecule has 19 heavy (non-hydrogen) atoms. The lowest BCUT2D eigenvalue weighted by Gasteiger charge is -2.03. The summed E-state index contributed by atoms with van der Waals surface area (Å²) in [6.45, 7) is 4.02. The van der Waals surface area contributed by atoms with E-state index in [1.807, 2.05) is 43.5 Å². The summed E-state index contributed by atoms with van der Waals surface area (Å²) in [6, 6.07) is 7.53. The van der Waals surface area contributed by atoms with Crippen molar-refractivity contribution in [3.63, 3.8) is 0 Å². The molecule has 5 heteroatoms. The summed E-state index contributed by atoms with van der Waals surface area (Å²) in [5.74, 6) is 0.332. The van der Waals surface area contributed by atoms with Crippen molar-refractivity contribution in [2.24, 2.45) is 5.92 Å². The molecule has 0 bridgehead atoms. The molecular weight excluding hydrogens is 280 g/mol. The number of carbonyl (C=O) groups is 1. The van der Waals surface area contributed by atoms with Gasteiger partial charge in [0.2, 0.25) is 5.91 Å². The van der Waals surface area contributed by atoms with Gasteiger partial charge in [-0.3, -0.25) is 4.79 Å². The Hall–Kier alpha value is -1.39. The van der Waals surface area contributed by atoms with Gasteiger partial charge in [0.25, 0.3) is 0 Å². The third-order valence-electron chi connectivity index (χ3n) is 2.49. The van der Waals surface area contributed by atoms with E-state index >= 15 is 0 Å². The second kappa shape index (κ2) is 6.17. The molecule has 2 rings (SSSR count). The van der Waals surface area contributed by atoms with Gasteiger partial charge in [-0.15, -0.1) is 11.3 Å². The van der Waals surface area contributed by atoms with Crippen molar-refractivity contribution < 1.29 is 4.79 Å². The van der Waals surface area contributed by atoms with Crippen molar-refractivity contribution in [3.8, 4) is 11.3 Å². The average Bonchev–Trinajstić information content (AvgIpc) is 2.76. The molecule has 0 aliphatic carbocycles. The third kappa shape index (κ3) is 3.78. The average molecular weight is 295 g/mol. The molecule has 2 aromatic rings. The van der Waals surface area contributed by atoms with Crippen LogP contribution in [0.1, 0.15) is 20.3 Å². The Morgan fingerprint density at radius 1 is 1.42 bits per heavy atom. The molecule has 0 fully saturated rings. The van der Waals surface area contributed by atoms with Gasteiger partial charge in [0, 0.05) is 22.4 Å². The van der Waals surface area contributed by atoms with Crippen molar-refractivity contribution >= 4 is 34.0 Å². The first-order valence-electron chi connectivity index (χ1n) is 6.06. The Morgan fingerprint density at radius 2 is 2.16 bits per heavy atom. The minimum absolute atomic E-state index is 0.00458. The van der Waals surface area contributed by atoms with Gasteiger partial charge >= 0.3 is 0 Å². The second-order valence-electron chi connectivity index (χ2n) is 4.66. The van der Waals surface area contributed by atoms with Crippen LogP contribution < -0.4 is 5.32 Å². The van der Waals surface area contributed by atoms with E-state index in [2.05, 4.69) is 10.3 Å². The molecular formula is C14H15ClN2OS. The topological polar surface area (TPSA) is 42.0 Å². The predicted octanol–water partition coefficient (Wildman–Crippen LogP) is 4.45. The molecule has 0 aliphatic rings. The first kappa shape index (κ1) is 14.0. The van der Waals surface area contributed by atoms with Crippen LogP contribution in [0.3, 0.4) is 0 Å². The Labute approximate surface area is 121 Å². The van der Waals surface area contributed by atoms with E-state index in [1.54, 1.807) is 0 Å². The molecule has 3 nitrogen and oxygen atoms in total. The summed E-state index contributed by atoms with van der Waals surface area (Å²) in [4.78, 5) is 16.1. The molecule has 1 aromatic heterocycles. The summed E-state index contributed by atoms with van der Waals surface area (Å²) in [7, 11) is 0. The molecule has 0 unspecified atom stereocenters. The van der Waals surface area contributed by atoms with Gasteiger partial charge in [0.1, 0.15) is 0 Å². The number of aromatic nitrogens is 1. The molecule has 0 radical (unpaired) electrons. The summed E-state index contributed by atoms with van der Waals surface area (Å²) >= 11 is 7.53. The van der Waals surface area contributed by atoms with Gasteiger partial charge in [-0.2, -0.15) is 0 Å². The summed E-state index contributed by atoms with van der Waals surface area (Å²) < 4.78 is 0. The number of hydrogen-bond acceptors (Lipinski definition) is 3. The highest BCUT2D eigenvalue weighted by Gasteiger charge is 2.10. The molecule has 0 saturated heterocycles. The fraction of sp³-hybridized carbons (Fsp3) is 0.286. The van der Waals surface area contributed by atoms with Gasteiger partial charge in [-0.1, -0.05) is 43.6 Å². The Bertz CT molecular complexity index is 580. The number of nitrogens with one attached hydrogen (secondary N) is 1. The van der Waals surface area contributed by atoms with Crippen LogP contribution in [0, 0.1) is 5.92 Å². The van der Waals surface area contributed by atoms with E-state index in [0.29, 0.717) is 22.5 Å². The highest BCUT2D eigenvalue weighted by atomic mass is 35.5. The van der Waals surface area contributed by atoms with Gasteiger partial charge in [-0.05, 0) is 12.0 Å². The number of carbonyl (C=O) groups excluding carboxylic acids is 1. The van der Waals surface area contributed by atoms with E-state index in [-0.39, 0.29) is 5.91 Å². The molecule has 1 N–H and O–H groups in total. The lowest BCUT2D eigenvalue weighted by Crippen LogP contribution is -2.13. The van der Waals surface area contributed by atoms with Crippen LogP contribution in [-0.2, 0) is 4.79 Å². The Kier molecular flexibility index (Phi) is 4.56. The van der Waals surface area contributed by atoms with Gasteiger partial charge in [0.05, 0.1) is 5.69 Å². The van der Waals surface area contributed by atoms with E-state index in [9.17, 15) is 4.79 Å². The fourth-order valence-corrected chi connectivity index (χ4v) is 2.62. The number of thiazole rings is 1. The Morgan fingerprint density at radius 3 is 2.84 bits per heavy atom. The molecule has 0 saturated carbocycles. The van der Waals surface area contributed by atoms with Crippen LogP contribution in [0.2, 0.25) is 5.02 Å². The van der Waals surface area contributed by atoms with E-state index in [1.165, 1.54) is 11.3 Å². The van der Waals surface area contributed by atoms with Crippen LogP contribution in [0.15, 0.2) is 29.6 Å². The fourth-order valence-electron chi connectivity index (χ4n) is 1.66. The summed E-state index contributed by atoms with van der Waals surface area (Å²) in [5, 5.41) is 5.97. The predicted molar refractivity (Wildman–Crippen MR) is 80.6 cm³/mol. The zero-order valence-corrected chi connectivity index (χ0v) is 12.4. The SMILES string of the molecule is CC(C)CC(=O)Nc1nc(-c2ccccc2Cl)cs1. The van der Waals surface area contributed by atoms with E-state index in [4.69, 9.17) is 11.6 Å². The number of hydrogen-bond donors (Lipinski definition) is 1. The van der Waals surface area contributed by atoms with E-state index in [0.717, 1.165) is 11.3 Å². The van der Waals surface area contributed by atoms with E-state index < -0.39 is 0 Å². The standard InChI is InChI=1S/C14H15ClN2OS/c1-9(2)7-13(18)17-14-16-12(8-19-14)10-5-3-4-6-11(10)15/h3-6,8-9H,7H2,1-2H3,(H,16,17,18). The zero-order valence-electron chi connectivity index (χ0n) is 10.8. The monoisotopic (exact) mass is 294 g/mol. The smallest absolute Gasteiger partial charge is 0.226 e. The molecule has 1 heterocycles. The van der Waals surface area contributed by atoms with Crippen molar-refractivity contribution in [2.75, 3.05) is 5.32 Å². The lowest BCUT2D eigenvalue weighted by atomic mass is 10.1. The maximum Gasteiger partial charge on any atom is 0.226 e. The maximum atomic E-state index is 11.7.